The topological polar surface area (TPSA) is 79.7 Å². The number of phenolic OH excluding ortho intramolecular Hbond substituents is 1. The van der Waals surface area contributed by atoms with Crippen LogP contribution < -0.4 is 4.74 Å². The van der Waals surface area contributed by atoms with Crippen molar-refractivity contribution in [1.29, 1.82) is 0 Å². The van der Waals surface area contributed by atoms with Gasteiger partial charge in [-0.25, -0.2) is 9.78 Å². The molecule has 0 aliphatic carbocycles. The Bertz CT molecular complexity index is 565. The molecule has 0 aliphatic rings. The minimum Gasteiger partial charge on any atom is -0.504 e. The smallest absolute Gasteiger partial charge is 0.354 e. The van der Waals surface area contributed by atoms with E-state index in [0.29, 0.717) is 16.5 Å². The van der Waals surface area contributed by atoms with Crippen LogP contribution in [0.15, 0.2) is 24.4 Å². The van der Waals surface area contributed by atoms with Gasteiger partial charge in [0.05, 0.1) is 7.11 Å². The van der Waals surface area contributed by atoms with Crippen LogP contribution in [0.3, 0.4) is 0 Å². The molecule has 2 rings (SSSR count). The lowest BCUT2D eigenvalue weighted by Gasteiger charge is -2.06. The second-order valence-electron chi connectivity index (χ2n) is 3.21. The predicted molar refractivity (Wildman–Crippen MR) is 56.9 cm³/mol. The van der Waals surface area contributed by atoms with Crippen LogP contribution in [0.25, 0.3) is 10.8 Å². The van der Waals surface area contributed by atoms with E-state index in [1.807, 2.05) is 0 Å². The van der Waals surface area contributed by atoms with Gasteiger partial charge in [-0.1, -0.05) is 0 Å². The van der Waals surface area contributed by atoms with Crippen molar-refractivity contribution in [2.75, 3.05) is 7.11 Å². The van der Waals surface area contributed by atoms with Crippen LogP contribution in [0.2, 0.25) is 0 Å². The number of hydrogen-bond donors (Lipinski definition) is 2. The van der Waals surface area contributed by atoms with Gasteiger partial charge in [-0.05, 0) is 18.2 Å². The molecule has 1 aromatic carbocycles. The summed E-state index contributed by atoms with van der Waals surface area (Å²) in [6.07, 6.45) is 1.40. The van der Waals surface area contributed by atoms with Crippen molar-refractivity contribution in [1.82, 2.24) is 4.98 Å². The Labute approximate surface area is 90.9 Å². The molecule has 2 N–H and O–H groups in total. The molecule has 0 atom stereocenters. The molecule has 2 aromatic rings. The van der Waals surface area contributed by atoms with E-state index in [4.69, 9.17) is 9.84 Å². The van der Waals surface area contributed by atoms with Crippen LogP contribution >= 0.6 is 0 Å². The van der Waals surface area contributed by atoms with E-state index in [-0.39, 0.29) is 11.4 Å². The molecule has 0 aliphatic heterocycles. The van der Waals surface area contributed by atoms with E-state index in [1.54, 1.807) is 12.1 Å². The predicted octanol–water partition coefficient (Wildman–Crippen LogP) is 1.65. The lowest BCUT2D eigenvalue weighted by atomic mass is 10.1. The van der Waals surface area contributed by atoms with Gasteiger partial charge in [-0.15, -0.1) is 0 Å². The number of methoxy groups -OCH3 is 1. The summed E-state index contributed by atoms with van der Waals surface area (Å²) in [6, 6.07) is 4.61. The molecular formula is C11H9NO4. The lowest BCUT2D eigenvalue weighted by molar-refractivity contribution is 0.0690. The molecule has 0 bridgehead atoms. The number of hydrogen-bond acceptors (Lipinski definition) is 4. The molecule has 1 aromatic heterocycles. The largest absolute Gasteiger partial charge is 0.504 e. The third-order valence-electron chi connectivity index (χ3n) is 2.28. The SMILES string of the molecule is COc1ccc2cnc(C(=O)O)cc2c1O. The average Bonchev–Trinajstić information content (AvgIpc) is 2.29. The highest BCUT2D eigenvalue weighted by atomic mass is 16.5. The number of phenols is 1. The number of aromatic nitrogens is 1. The van der Waals surface area contributed by atoms with Crippen molar-refractivity contribution >= 4 is 16.7 Å². The van der Waals surface area contributed by atoms with Crippen LogP contribution in [-0.4, -0.2) is 28.3 Å². The molecule has 1 heterocycles. The molecular weight excluding hydrogens is 210 g/mol. The van der Waals surface area contributed by atoms with Crippen LogP contribution in [0.4, 0.5) is 0 Å². The summed E-state index contributed by atoms with van der Waals surface area (Å²) in [7, 11) is 1.43. The number of aromatic hydroxyl groups is 1. The normalized spacial score (nSPS) is 10.3. The molecule has 0 saturated carbocycles. The highest BCUT2D eigenvalue weighted by Gasteiger charge is 2.10. The summed E-state index contributed by atoms with van der Waals surface area (Å²) in [5.41, 5.74) is -0.115. The highest BCUT2D eigenvalue weighted by molar-refractivity contribution is 5.95. The molecule has 16 heavy (non-hydrogen) atoms. The maximum Gasteiger partial charge on any atom is 0.354 e. The summed E-state index contributed by atoms with van der Waals surface area (Å²) in [5.74, 6) is -0.913. The zero-order chi connectivity index (χ0) is 11.7. The minimum absolute atomic E-state index is 0.0788. The molecule has 0 fully saturated rings. The van der Waals surface area contributed by atoms with Gasteiger partial charge in [0.15, 0.2) is 11.5 Å². The van der Waals surface area contributed by atoms with Crippen molar-refractivity contribution in [3.63, 3.8) is 0 Å². The van der Waals surface area contributed by atoms with Crippen LogP contribution in [0.1, 0.15) is 10.5 Å². The zero-order valence-corrected chi connectivity index (χ0v) is 8.47. The van der Waals surface area contributed by atoms with Crippen LogP contribution in [0, 0.1) is 0 Å². The van der Waals surface area contributed by atoms with Crippen molar-refractivity contribution < 1.29 is 19.7 Å². The third-order valence-corrected chi connectivity index (χ3v) is 2.28. The van der Waals surface area contributed by atoms with Gasteiger partial charge < -0.3 is 14.9 Å². The Morgan fingerprint density at radius 1 is 1.44 bits per heavy atom. The van der Waals surface area contributed by atoms with Gasteiger partial charge in [0.25, 0.3) is 0 Å². The number of benzene rings is 1. The summed E-state index contributed by atoms with van der Waals surface area (Å²) < 4.78 is 4.94. The summed E-state index contributed by atoms with van der Waals surface area (Å²) >= 11 is 0. The van der Waals surface area contributed by atoms with Crippen molar-refractivity contribution in [3.05, 3.63) is 30.1 Å². The first-order chi connectivity index (χ1) is 7.63. The molecule has 5 heteroatoms. The summed E-state index contributed by atoms with van der Waals surface area (Å²) in [4.78, 5) is 14.5. The number of ether oxygens (including phenoxy) is 1. The number of rotatable bonds is 2. The zero-order valence-electron chi connectivity index (χ0n) is 8.47. The van der Waals surface area contributed by atoms with E-state index in [0.717, 1.165) is 0 Å². The maximum absolute atomic E-state index is 10.7. The monoisotopic (exact) mass is 219 g/mol. The first-order valence-corrected chi connectivity index (χ1v) is 4.52. The fraction of sp³-hybridized carbons (Fsp3) is 0.0909. The van der Waals surface area contributed by atoms with Gasteiger partial charge >= 0.3 is 5.97 Å². The molecule has 5 nitrogen and oxygen atoms in total. The van der Waals surface area contributed by atoms with E-state index in [9.17, 15) is 9.90 Å². The molecule has 0 spiro atoms. The van der Waals surface area contributed by atoms with E-state index in [2.05, 4.69) is 4.98 Å². The Morgan fingerprint density at radius 2 is 2.19 bits per heavy atom. The van der Waals surface area contributed by atoms with Gasteiger partial charge in [0.2, 0.25) is 0 Å². The first-order valence-electron chi connectivity index (χ1n) is 4.52. The number of aromatic carboxylic acids is 1. The quantitative estimate of drug-likeness (QED) is 0.802. The van der Waals surface area contributed by atoms with Gasteiger partial charge in [0, 0.05) is 17.0 Å². The van der Waals surface area contributed by atoms with Crippen molar-refractivity contribution in [3.8, 4) is 11.5 Å². The minimum atomic E-state index is -1.14. The Hall–Kier alpha value is -2.30. The number of carbonyl (C=O) groups is 1. The second-order valence-corrected chi connectivity index (χ2v) is 3.21. The second kappa shape index (κ2) is 3.69. The number of fused-ring (bicyclic) bond motifs is 1. The van der Waals surface area contributed by atoms with E-state index < -0.39 is 5.97 Å². The average molecular weight is 219 g/mol. The van der Waals surface area contributed by atoms with E-state index >= 15 is 0 Å². The molecule has 0 unspecified atom stereocenters. The molecule has 0 radical (unpaired) electrons. The number of carboxylic acid groups (broad SMARTS) is 1. The fourth-order valence-electron chi connectivity index (χ4n) is 1.46. The highest BCUT2D eigenvalue weighted by Crippen LogP contribution is 2.34. The van der Waals surface area contributed by atoms with E-state index in [1.165, 1.54) is 19.4 Å². The standard InChI is InChI=1S/C11H9NO4/c1-16-9-3-2-6-5-12-8(11(14)15)4-7(6)10(9)13/h2-5,13H,1H3,(H,14,15). The summed E-state index contributed by atoms with van der Waals surface area (Å²) in [6.45, 7) is 0. The molecule has 82 valence electrons. The van der Waals surface area contributed by atoms with Crippen molar-refractivity contribution in [2.24, 2.45) is 0 Å². The van der Waals surface area contributed by atoms with Gasteiger partial charge in [-0.3, -0.25) is 0 Å². The Balaban J connectivity index is 2.74. The lowest BCUT2D eigenvalue weighted by Crippen LogP contribution is -1.99. The first kappa shape index (κ1) is 10.2. The molecule has 0 amide bonds. The van der Waals surface area contributed by atoms with Crippen molar-refractivity contribution in [2.45, 2.75) is 0 Å². The van der Waals surface area contributed by atoms with Gasteiger partial charge in [-0.2, -0.15) is 0 Å². The summed E-state index contributed by atoms with van der Waals surface area (Å²) in [5, 5.41) is 19.7. The number of nitrogens with zero attached hydrogens (tertiary/aromatic N) is 1. The van der Waals surface area contributed by atoms with Crippen LogP contribution in [0.5, 0.6) is 11.5 Å². The van der Waals surface area contributed by atoms with Gasteiger partial charge in [0.1, 0.15) is 5.69 Å². The number of carboxylic acids is 1. The molecule has 0 saturated heterocycles. The number of pyridine rings is 1. The fourth-order valence-corrected chi connectivity index (χ4v) is 1.46. The maximum atomic E-state index is 10.7. The Kier molecular flexibility index (Phi) is 2.36. The van der Waals surface area contributed by atoms with Crippen LogP contribution in [-0.2, 0) is 0 Å². The third kappa shape index (κ3) is 1.52. The Morgan fingerprint density at radius 3 is 2.81 bits per heavy atom.